The standard InChI is InChI=1S/C18H22ClN7O/c1-9-7-14(15-11(3)23-25(6)17(15)20-9)18(27)22-21-10(2)8-26-13(5)16(19)12(4)24-26/h7H,8H2,1-6H3,(H,22,27)/b21-10+. The minimum Gasteiger partial charge on any atom is -0.267 e. The molecule has 0 aliphatic rings. The van der Waals surface area contributed by atoms with E-state index < -0.39 is 0 Å². The van der Waals surface area contributed by atoms with Crippen LogP contribution in [0.1, 0.15) is 40.1 Å². The topological polar surface area (TPSA) is 90.0 Å². The molecule has 0 unspecified atom stereocenters. The van der Waals surface area contributed by atoms with Gasteiger partial charge in [-0.25, -0.2) is 10.4 Å². The summed E-state index contributed by atoms with van der Waals surface area (Å²) in [5, 5.41) is 14.3. The van der Waals surface area contributed by atoms with E-state index in [2.05, 4.69) is 25.7 Å². The van der Waals surface area contributed by atoms with Gasteiger partial charge in [0.1, 0.15) is 0 Å². The van der Waals surface area contributed by atoms with Crippen LogP contribution in [0.4, 0.5) is 0 Å². The first-order valence-electron chi connectivity index (χ1n) is 8.53. The van der Waals surface area contributed by atoms with Crippen molar-refractivity contribution in [2.75, 3.05) is 0 Å². The number of rotatable bonds is 4. The number of hydrazone groups is 1. The smallest absolute Gasteiger partial charge is 0.267 e. The molecule has 0 fully saturated rings. The summed E-state index contributed by atoms with van der Waals surface area (Å²) in [4.78, 5) is 17.2. The lowest BCUT2D eigenvalue weighted by Gasteiger charge is -2.07. The highest BCUT2D eigenvalue weighted by Crippen LogP contribution is 2.21. The Kier molecular flexibility index (Phi) is 5.01. The normalized spacial score (nSPS) is 12.0. The quantitative estimate of drug-likeness (QED) is 0.550. The van der Waals surface area contributed by atoms with E-state index in [1.807, 2.05) is 41.7 Å². The van der Waals surface area contributed by atoms with Crippen LogP contribution in [-0.2, 0) is 13.6 Å². The van der Waals surface area contributed by atoms with Crippen molar-refractivity contribution in [3.8, 4) is 0 Å². The lowest BCUT2D eigenvalue weighted by Crippen LogP contribution is -2.21. The van der Waals surface area contributed by atoms with Gasteiger partial charge in [0.25, 0.3) is 5.91 Å². The zero-order valence-electron chi connectivity index (χ0n) is 16.3. The molecule has 3 rings (SSSR count). The molecule has 0 saturated heterocycles. The van der Waals surface area contributed by atoms with Crippen LogP contribution < -0.4 is 5.43 Å². The number of nitrogens with zero attached hydrogens (tertiary/aromatic N) is 6. The van der Waals surface area contributed by atoms with E-state index >= 15 is 0 Å². The van der Waals surface area contributed by atoms with Gasteiger partial charge in [0.15, 0.2) is 5.65 Å². The molecule has 9 heteroatoms. The third-order valence-electron chi connectivity index (χ3n) is 4.36. The molecule has 0 atom stereocenters. The summed E-state index contributed by atoms with van der Waals surface area (Å²) in [5.74, 6) is -0.299. The predicted molar refractivity (Wildman–Crippen MR) is 105 cm³/mol. The molecule has 0 aliphatic heterocycles. The molecular weight excluding hydrogens is 366 g/mol. The second-order valence-corrected chi connectivity index (χ2v) is 7.03. The summed E-state index contributed by atoms with van der Waals surface area (Å²) in [6.45, 7) is 9.73. The van der Waals surface area contributed by atoms with Crippen LogP contribution in [-0.4, -0.2) is 36.2 Å². The maximum Gasteiger partial charge on any atom is 0.272 e. The molecule has 1 N–H and O–H groups in total. The van der Waals surface area contributed by atoms with Crippen molar-refractivity contribution >= 4 is 34.3 Å². The fourth-order valence-corrected chi connectivity index (χ4v) is 3.17. The lowest BCUT2D eigenvalue weighted by molar-refractivity contribution is 0.0956. The molecule has 1 amide bonds. The van der Waals surface area contributed by atoms with Gasteiger partial charge in [-0.05, 0) is 40.7 Å². The van der Waals surface area contributed by atoms with Crippen LogP contribution in [0.15, 0.2) is 11.2 Å². The average Bonchev–Trinajstić information content (AvgIpc) is 3.02. The lowest BCUT2D eigenvalue weighted by atomic mass is 10.1. The summed E-state index contributed by atoms with van der Waals surface area (Å²) >= 11 is 6.17. The second-order valence-electron chi connectivity index (χ2n) is 6.65. The molecule has 0 radical (unpaired) electrons. The predicted octanol–water partition coefficient (Wildman–Crippen LogP) is 2.86. The minimum atomic E-state index is -0.299. The van der Waals surface area contributed by atoms with Gasteiger partial charge in [-0.2, -0.15) is 15.3 Å². The Labute approximate surface area is 162 Å². The summed E-state index contributed by atoms with van der Waals surface area (Å²) in [6, 6.07) is 1.75. The average molecular weight is 388 g/mol. The summed E-state index contributed by atoms with van der Waals surface area (Å²) in [6.07, 6.45) is 0. The first-order valence-corrected chi connectivity index (χ1v) is 8.90. The van der Waals surface area contributed by atoms with Gasteiger partial charge in [0, 0.05) is 12.7 Å². The number of hydrogen-bond donors (Lipinski definition) is 1. The molecule has 0 bridgehead atoms. The summed E-state index contributed by atoms with van der Waals surface area (Å²) in [5.41, 5.74) is 7.65. The van der Waals surface area contributed by atoms with Crippen molar-refractivity contribution in [1.29, 1.82) is 0 Å². The van der Waals surface area contributed by atoms with E-state index in [0.29, 0.717) is 28.5 Å². The van der Waals surface area contributed by atoms with Gasteiger partial charge >= 0.3 is 0 Å². The van der Waals surface area contributed by atoms with Crippen LogP contribution in [0, 0.1) is 27.7 Å². The Balaban J connectivity index is 1.84. The number of halogens is 1. The maximum atomic E-state index is 12.7. The van der Waals surface area contributed by atoms with Crippen LogP contribution >= 0.6 is 11.6 Å². The Bertz CT molecular complexity index is 1080. The van der Waals surface area contributed by atoms with Crippen LogP contribution in [0.25, 0.3) is 11.0 Å². The largest absolute Gasteiger partial charge is 0.272 e. The van der Waals surface area contributed by atoms with Crippen molar-refractivity contribution in [3.63, 3.8) is 0 Å². The highest BCUT2D eigenvalue weighted by molar-refractivity contribution is 6.31. The first-order chi connectivity index (χ1) is 12.7. The van der Waals surface area contributed by atoms with Crippen LogP contribution in [0.5, 0.6) is 0 Å². The Morgan fingerprint density at radius 3 is 2.56 bits per heavy atom. The van der Waals surface area contributed by atoms with Gasteiger partial charge in [0.05, 0.1) is 45.3 Å². The van der Waals surface area contributed by atoms with E-state index in [-0.39, 0.29) is 5.91 Å². The Morgan fingerprint density at radius 1 is 1.22 bits per heavy atom. The van der Waals surface area contributed by atoms with E-state index in [1.165, 1.54) is 0 Å². The number of aromatic nitrogens is 5. The Hall–Kier alpha value is -2.74. The van der Waals surface area contributed by atoms with Crippen LogP contribution in [0.3, 0.4) is 0 Å². The Morgan fingerprint density at radius 2 is 1.93 bits per heavy atom. The van der Waals surface area contributed by atoms with E-state index in [0.717, 1.165) is 28.2 Å². The molecule has 0 saturated carbocycles. The highest BCUT2D eigenvalue weighted by atomic mass is 35.5. The minimum absolute atomic E-state index is 0.299. The number of nitrogens with one attached hydrogen (secondary N) is 1. The van der Waals surface area contributed by atoms with E-state index in [4.69, 9.17) is 11.6 Å². The monoisotopic (exact) mass is 387 g/mol. The molecule has 3 aromatic heterocycles. The number of aryl methyl sites for hydroxylation is 4. The third-order valence-corrected chi connectivity index (χ3v) is 4.91. The molecule has 8 nitrogen and oxygen atoms in total. The summed E-state index contributed by atoms with van der Waals surface area (Å²) in [7, 11) is 1.81. The van der Waals surface area contributed by atoms with Crippen molar-refractivity contribution in [2.45, 2.75) is 41.2 Å². The maximum absolute atomic E-state index is 12.7. The molecule has 3 aromatic rings. The fraction of sp³-hybridized carbons (Fsp3) is 0.389. The van der Waals surface area contributed by atoms with E-state index in [1.54, 1.807) is 15.4 Å². The van der Waals surface area contributed by atoms with Gasteiger partial charge in [0.2, 0.25) is 0 Å². The molecular formula is C18H22ClN7O. The number of carbonyl (C=O) groups excluding carboxylic acids is 1. The number of amides is 1. The van der Waals surface area contributed by atoms with Gasteiger partial charge in [-0.1, -0.05) is 11.6 Å². The molecule has 142 valence electrons. The molecule has 3 heterocycles. The number of pyridine rings is 1. The SMILES string of the molecule is C/C(Cn1nc(C)c(Cl)c1C)=N\NC(=O)c1cc(C)nc2c1c(C)nn2C. The fourth-order valence-electron chi connectivity index (χ4n) is 3.04. The number of carbonyl (C=O) groups is 1. The van der Waals surface area contributed by atoms with Crippen molar-refractivity contribution in [3.05, 3.63) is 39.4 Å². The van der Waals surface area contributed by atoms with Crippen molar-refractivity contribution in [1.82, 2.24) is 30.0 Å². The molecule has 27 heavy (non-hydrogen) atoms. The number of fused-ring (bicyclic) bond motifs is 1. The zero-order chi connectivity index (χ0) is 19.9. The molecule has 0 spiro atoms. The first kappa shape index (κ1) is 19.0. The number of hydrogen-bond acceptors (Lipinski definition) is 5. The van der Waals surface area contributed by atoms with Gasteiger partial charge < -0.3 is 0 Å². The second kappa shape index (κ2) is 7.11. The molecule has 0 aromatic carbocycles. The highest BCUT2D eigenvalue weighted by Gasteiger charge is 2.17. The zero-order valence-corrected chi connectivity index (χ0v) is 17.0. The summed E-state index contributed by atoms with van der Waals surface area (Å²) < 4.78 is 3.44. The third kappa shape index (κ3) is 3.57. The van der Waals surface area contributed by atoms with Crippen molar-refractivity contribution < 1.29 is 4.79 Å². The molecule has 0 aliphatic carbocycles. The van der Waals surface area contributed by atoms with Gasteiger partial charge in [-0.15, -0.1) is 0 Å². The van der Waals surface area contributed by atoms with Crippen molar-refractivity contribution in [2.24, 2.45) is 12.1 Å². The van der Waals surface area contributed by atoms with Gasteiger partial charge in [-0.3, -0.25) is 14.2 Å². The van der Waals surface area contributed by atoms with Crippen LogP contribution in [0.2, 0.25) is 5.02 Å². The van der Waals surface area contributed by atoms with E-state index in [9.17, 15) is 4.79 Å².